The molecule has 3 fully saturated rings. The van der Waals surface area contributed by atoms with Gasteiger partial charge in [-0.3, -0.25) is 9.59 Å². The molecule has 2 amide bonds. The third kappa shape index (κ3) is 6.21. The van der Waals surface area contributed by atoms with Crippen molar-refractivity contribution in [2.24, 2.45) is 17.3 Å². The standard InChI is InChI=1S/C35H43N5O5S/c1-7-30(41)39-18-24-14-25(19-39)32(24)40-26(17-35(4,5)6)20-45-29-16-28(31-21(2)10-8-11-22(31)3)36-34(37-29)38-46(43,44)27-13-9-12-23(15-27)33(40)42/h8-13,15-16,24-26,32H,7,14,17-20H2,1-6H3,(H,36,37,38)/t24-,25+,26-,32+/m1/s1. The summed E-state index contributed by atoms with van der Waals surface area (Å²) in [7, 11) is -4.15. The maximum Gasteiger partial charge on any atom is 0.264 e. The highest BCUT2D eigenvalue weighted by atomic mass is 32.2. The molecule has 0 unspecified atom stereocenters. The van der Waals surface area contributed by atoms with E-state index in [0.717, 1.165) is 23.1 Å². The summed E-state index contributed by atoms with van der Waals surface area (Å²) in [6, 6.07) is 13.4. The zero-order valence-electron chi connectivity index (χ0n) is 27.4. The Morgan fingerprint density at radius 1 is 1.02 bits per heavy atom. The fourth-order valence-electron chi connectivity index (χ4n) is 7.43. The van der Waals surface area contributed by atoms with Crippen LogP contribution in [0.2, 0.25) is 0 Å². The van der Waals surface area contributed by atoms with Crippen molar-refractivity contribution in [1.29, 1.82) is 0 Å². The molecule has 10 nitrogen and oxygen atoms in total. The summed E-state index contributed by atoms with van der Waals surface area (Å²) >= 11 is 0. The minimum Gasteiger partial charge on any atom is -0.475 e. The van der Waals surface area contributed by atoms with E-state index in [1.807, 2.05) is 48.8 Å². The first-order valence-corrected chi connectivity index (χ1v) is 17.5. The molecular weight excluding hydrogens is 602 g/mol. The molecule has 7 rings (SSSR count). The van der Waals surface area contributed by atoms with Crippen LogP contribution in [0.15, 0.2) is 53.4 Å². The Labute approximate surface area is 271 Å². The van der Waals surface area contributed by atoms with Gasteiger partial charge in [-0.1, -0.05) is 52.0 Å². The van der Waals surface area contributed by atoms with Crippen molar-refractivity contribution in [2.45, 2.75) is 77.8 Å². The summed E-state index contributed by atoms with van der Waals surface area (Å²) < 4.78 is 36.4. The number of ether oxygens (including phenoxy) is 1. The monoisotopic (exact) mass is 645 g/mol. The quantitative estimate of drug-likeness (QED) is 0.400. The Balaban J connectivity index is 1.48. The fourth-order valence-corrected chi connectivity index (χ4v) is 8.42. The number of piperidine rings is 2. The highest BCUT2D eigenvalue weighted by molar-refractivity contribution is 7.92. The molecule has 4 heterocycles. The van der Waals surface area contributed by atoms with Crippen LogP contribution in [-0.4, -0.2) is 71.8 Å². The first kappa shape index (κ1) is 32.0. The molecular formula is C35H43N5O5S. The number of fused-ring (bicyclic) bond motifs is 6. The average Bonchev–Trinajstić information content (AvgIpc) is 3.00. The normalized spacial score (nSPS) is 24.0. The molecule has 46 heavy (non-hydrogen) atoms. The third-order valence-electron chi connectivity index (χ3n) is 9.41. The number of aryl methyl sites for hydroxylation is 2. The zero-order chi connectivity index (χ0) is 33.0. The van der Waals surface area contributed by atoms with Crippen molar-refractivity contribution in [3.63, 3.8) is 0 Å². The number of benzene rings is 2. The molecule has 1 N–H and O–H groups in total. The summed E-state index contributed by atoms with van der Waals surface area (Å²) in [5, 5.41) is 0. The maximum atomic E-state index is 14.6. The summed E-state index contributed by atoms with van der Waals surface area (Å²) in [4.78, 5) is 40.1. The van der Waals surface area contributed by atoms with Crippen LogP contribution < -0.4 is 9.46 Å². The van der Waals surface area contributed by atoms with Crippen molar-refractivity contribution in [3.8, 4) is 17.1 Å². The second-order valence-electron chi connectivity index (χ2n) is 14.2. The molecule has 4 atom stereocenters. The van der Waals surface area contributed by atoms with Crippen LogP contribution in [0.4, 0.5) is 5.95 Å². The van der Waals surface area contributed by atoms with Crippen molar-refractivity contribution in [2.75, 3.05) is 24.4 Å². The largest absolute Gasteiger partial charge is 0.475 e. The van der Waals surface area contributed by atoms with Gasteiger partial charge in [0.1, 0.15) is 6.61 Å². The molecule has 3 aliphatic heterocycles. The van der Waals surface area contributed by atoms with Gasteiger partial charge in [0, 0.05) is 42.7 Å². The fraction of sp³-hybridized carbons (Fsp3) is 0.486. The van der Waals surface area contributed by atoms with E-state index < -0.39 is 10.0 Å². The number of aromatic nitrogens is 2. The number of anilines is 1. The van der Waals surface area contributed by atoms with Gasteiger partial charge in [-0.15, -0.1) is 0 Å². The van der Waals surface area contributed by atoms with Crippen molar-refractivity contribution in [3.05, 3.63) is 65.2 Å². The number of rotatable bonds is 4. The number of sulfonamides is 1. The smallest absolute Gasteiger partial charge is 0.264 e. The molecule has 3 aromatic rings. The number of carbonyl (C=O) groups excluding carboxylic acids is 2. The summed E-state index contributed by atoms with van der Waals surface area (Å²) in [6.45, 7) is 13.6. The molecule has 2 aromatic carbocycles. The Morgan fingerprint density at radius 3 is 2.35 bits per heavy atom. The van der Waals surface area contributed by atoms with Gasteiger partial charge in [-0.05, 0) is 73.3 Å². The van der Waals surface area contributed by atoms with E-state index in [0.29, 0.717) is 31.6 Å². The number of nitrogens with one attached hydrogen (secondary N) is 1. The molecule has 1 aromatic heterocycles. The van der Waals surface area contributed by atoms with Gasteiger partial charge < -0.3 is 14.5 Å². The first-order valence-electron chi connectivity index (χ1n) is 16.1. The lowest BCUT2D eigenvalue weighted by molar-refractivity contribution is -0.144. The van der Waals surface area contributed by atoms with Crippen molar-refractivity contribution < 1.29 is 22.7 Å². The molecule has 1 saturated carbocycles. The van der Waals surface area contributed by atoms with E-state index in [9.17, 15) is 18.0 Å². The Morgan fingerprint density at radius 2 is 1.70 bits per heavy atom. The Bertz CT molecular complexity index is 1750. The molecule has 0 radical (unpaired) electrons. The minimum absolute atomic E-state index is 0.0537. The SMILES string of the molecule is CCC(=O)N1C[C@H]2C[C@@H](C1)[C@H]2N1C(=O)c2cccc(c2)S(=O)(=O)Nc2nc(cc(-c3c(C)cccc3C)n2)OC[C@H]1CC(C)(C)C. The van der Waals surface area contributed by atoms with Gasteiger partial charge in [0.05, 0.1) is 16.6 Å². The zero-order valence-corrected chi connectivity index (χ0v) is 28.2. The Hall–Kier alpha value is -3.99. The molecule has 2 saturated heterocycles. The lowest BCUT2D eigenvalue weighted by Crippen LogP contribution is -2.68. The van der Waals surface area contributed by atoms with Crippen LogP contribution in [0.25, 0.3) is 11.3 Å². The highest BCUT2D eigenvalue weighted by Gasteiger charge is 2.53. The van der Waals surface area contributed by atoms with E-state index in [4.69, 9.17) is 4.74 Å². The summed E-state index contributed by atoms with van der Waals surface area (Å²) in [5.41, 5.74) is 3.51. The van der Waals surface area contributed by atoms with E-state index in [2.05, 4.69) is 35.5 Å². The topological polar surface area (TPSA) is 122 Å². The lowest BCUT2D eigenvalue weighted by atomic mass is 9.64. The predicted molar refractivity (Wildman–Crippen MR) is 176 cm³/mol. The van der Waals surface area contributed by atoms with Gasteiger partial charge >= 0.3 is 0 Å². The van der Waals surface area contributed by atoms with E-state index in [-0.39, 0.29) is 70.0 Å². The molecule has 4 aliphatic rings. The van der Waals surface area contributed by atoms with Crippen molar-refractivity contribution >= 4 is 27.8 Å². The number of nitrogens with zero attached hydrogens (tertiary/aromatic N) is 4. The van der Waals surface area contributed by atoms with E-state index in [1.54, 1.807) is 18.2 Å². The van der Waals surface area contributed by atoms with Gasteiger partial charge in [0.25, 0.3) is 15.9 Å². The molecule has 0 spiro atoms. The van der Waals surface area contributed by atoms with Crippen LogP contribution >= 0.6 is 0 Å². The van der Waals surface area contributed by atoms with Gasteiger partial charge in [0.15, 0.2) is 0 Å². The highest BCUT2D eigenvalue weighted by Crippen LogP contribution is 2.46. The number of carbonyl (C=O) groups is 2. The lowest BCUT2D eigenvalue weighted by Gasteiger charge is -2.58. The predicted octanol–water partition coefficient (Wildman–Crippen LogP) is 5.46. The summed E-state index contributed by atoms with van der Waals surface area (Å²) in [6.07, 6.45) is 2.04. The molecule has 6 bridgehead atoms. The summed E-state index contributed by atoms with van der Waals surface area (Å²) in [5.74, 6) is 0.264. The number of hydrogen-bond donors (Lipinski definition) is 1. The number of amides is 2. The molecule has 1 aliphatic carbocycles. The first-order chi connectivity index (χ1) is 21.7. The van der Waals surface area contributed by atoms with E-state index in [1.165, 1.54) is 12.1 Å². The number of hydrogen-bond acceptors (Lipinski definition) is 7. The molecule has 11 heteroatoms. The van der Waals surface area contributed by atoms with E-state index >= 15 is 0 Å². The van der Waals surface area contributed by atoms with Crippen LogP contribution in [0.5, 0.6) is 5.88 Å². The third-order valence-corrected chi connectivity index (χ3v) is 10.7. The average molecular weight is 646 g/mol. The van der Waals surface area contributed by atoms with Crippen LogP contribution in [0, 0.1) is 31.1 Å². The maximum absolute atomic E-state index is 14.6. The van der Waals surface area contributed by atoms with Gasteiger partial charge in [-0.25, -0.2) is 18.1 Å². The second-order valence-corrected chi connectivity index (χ2v) is 15.8. The van der Waals surface area contributed by atoms with Gasteiger partial charge in [-0.2, -0.15) is 4.98 Å². The minimum atomic E-state index is -4.15. The van der Waals surface area contributed by atoms with Crippen LogP contribution in [0.1, 0.15) is 68.4 Å². The molecule has 244 valence electrons. The van der Waals surface area contributed by atoms with Gasteiger partial charge in [0.2, 0.25) is 17.7 Å². The van der Waals surface area contributed by atoms with Crippen molar-refractivity contribution in [1.82, 2.24) is 19.8 Å². The van der Waals surface area contributed by atoms with Crippen LogP contribution in [-0.2, 0) is 14.8 Å². The van der Waals surface area contributed by atoms with Crippen LogP contribution in [0.3, 0.4) is 0 Å². The Kier molecular flexibility index (Phi) is 8.33. The second kappa shape index (κ2) is 12.0.